The first-order chi connectivity index (χ1) is 16.6. The normalized spacial score (nSPS) is 18.1. The number of amides is 3. The molecule has 2 aromatic carbocycles. The van der Waals surface area contributed by atoms with Crippen LogP contribution in [0.5, 0.6) is 0 Å². The fourth-order valence-electron chi connectivity index (χ4n) is 4.16. The molecule has 2 fully saturated rings. The van der Waals surface area contributed by atoms with E-state index in [0.717, 1.165) is 6.42 Å². The summed E-state index contributed by atoms with van der Waals surface area (Å²) in [4.78, 5) is 40.4. The number of para-hydroxylation sites is 1. The van der Waals surface area contributed by atoms with Crippen LogP contribution in [0.2, 0.25) is 0 Å². The van der Waals surface area contributed by atoms with E-state index in [9.17, 15) is 14.4 Å². The van der Waals surface area contributed by atoms with Crippen molar-refractivity contribution in [2.24, 2.45) is 0 Å². The molecule has 1 aromatic heterocycles. The minimum Gasteiger partial charge on any atom is -0.449 e. The molecule has 0 radical (unpaired) electrons. The predicted octanol–water partition coefficient (Wildman–Crippen LogP) is 3.28. The Hall–Kier alpha value is -3.69. The third-order valence-electron chi connectivity index (χ3n) is 5.94. The number of ether oxygens (including phenoxy) is 2. The molecular formula is C25H25N3O6. The summed E-state index contributed by atoms with van der Waals surface area (Å²) in [5.74, 6) is -0.864. The van der Waals surface area contributed by atoms with Gasteiger partial charge in [-0.2, -0.15) is 0 Å². The van der Waals surface area contributed by atoms with Crippen LogP contribution in [-0.4, -0.2) is 61.6 Å². The highest BCUT2D eigenvalue weighted by atomic mass is 16.5. The summed E-state index contributed by atoms with van der Waals surface area (Å²) < 4.78 is 16.6. The maximum Gasteiger partial charge on any atom is 0.291 e. The quantitative estimate of drug-likeness (QED) is 0.601. The van der Waals surface area contributed by atoms with Crippen LogP contribution in [0.15, 0.2) is 52.9 Å². The van der Waals surface area contributed by atoms with Gasteiger partial charge < -0.3 is 29.4 Å². The highest BCUT2D eigenvalue weighted by molar-refractivity contribution is 6.14. The average Bonchev–Trinajstić information content (AvgIpc) is 3.53. The number of carbonyl (C=O) groups is 3. The van der Waals surface area contributed by atoms with Crippen LogP contribution in [0.4, 0.5) is 11.4 Å². The predicted molar refractivity (Wildman–Crippen MR) is 125 cm³/mol. The lowest BCUT2D eigenvalue weighted by atomic mass is 10.1. The largest absolute Gasteiger partial charge is 0.449 e. The van der Waals surface area contributed by atoms with Gasteiger partial charge in [0, 0.05) is 36.3 Å². The number of morpholine rings is 1. The Labute approximate surface area is 196 Å². The summed E-state index contributed by atoms with van der Waals surface area (Å²) in [5.41, 5.74) is 1.66. The number of furan rings is 1. The second-order valence-corrected chi connectivity index (χ2v) is 8.23. The molecule has 2 aliphatic rings. The third-order valence-corrected chi connectivity index (χ3v) is 5.94. The first-order valence-electron chi connectivity index (χ1n) is 11.3. The molecule has 3 amide bonds. The molecule has 1 atom stereocenters. The Bertz CT molecular complexity index is 1220. The van der Waals surface area contributed by atoms with E-state index in [1.54, 1.807) is 47.4 Å². The van der Waals surface area contributed by atoms with Gasteiger partial charge in [-0.3, -0.25) is 14.4 Å². The van der Waals surface area contributed by atoms with Gasteiger partial charge in [-0.25, -0.2) is 0 Å². The lowest BCUT2D eigenvalue weighted by molar-refractivity contribution is -0.124. The lowest BCUT2D eigenvalue weighted by Gasteiger charge is -2.26. The van der Waals surface area contributed by atoms with Gasteiger partial charge in [0.2, 0.25) is 5.76 Å². The molecule has 2 aliphatic heterocycles. The van der Waals surface area contributed by atoms with E-state index in [2.05, 4.69) is 10.6 Å². The zero-order valence-corrected chi connectivity index (χ0v) is 18.5. The summed E-state index contributed by atoms with van der Waals surface area (Å²) in [6, 6.07) is 13.8. The molecule has 0 saturated carbocycles. The molecule has 2 N–H and O–H groups in total. The summed E-state index contributed by atoms with van der Waals surface area (Å²) in [6.07, 6.45) is 1.06. The topological polar surface area (TPSA) is 110 Å². The fraction of sp³-hybridized carbons (Fsp3) is 0.320. The monoisotopic (exact) mass is 463 g/mol. The Kier molecular flexibility index (Phi) is 6.29. The summed E-state index contributed by atoms with van der Waals surface area (Å²) in [7, 11) is 0. The Morgan fingerprint density at radius 1 is 0.941 bits per heavy atom. The van der Waals surface area contributed by atoms with Crippen molar-refractivity contribution >= 4 is 40.1 Å². The maximum absolute atomic E-state index is 13.2. The zero-order chi connectivity index (χ0) is 23.5. The van der Waals surface area contributed by atoms with Crippen molar-refractivity contribution in [1.29, 1.82) is 0 Å². The van der Waals surface area contributed by atoms with E-state index >= 15 is 0 Å². The van der Waals surface area contributed by atoms with E-state index in [1.807, 2.05) is 6.07 Å². The van der Waals surface area contributed by atoms with Crippen LogP contribution in [0, 0.1) is 0 Å². The summed E-state index contributed by atoms with van der Waals surface area (Å²) in [6.45, 7) is 2.40. The van der Waals surface area contributed by atoms with E-state index in [0.29, 0.717) is 67.2 Å². The Balaban J connectivity index is 1.39. The lowest BCUT2D eigenvalue weighted by Crippen LogP contribution is -2.40. The van der Waals surface area contributed by atoms with E-state index in [4.69, 9.17) is 13.9 Å². The van der Waals surface area contributed by atoms with Crippen molar-refractivity contribution in [2.75, 3.05) is 43.5 Å². The van der Waals surface area contributed by atoms with E-state index in [1.165, 1.54) is 0 Å². The molecule has 2 saturated heterocycles. The van der Waals surface area contributed by atoms with Crippen LogP contribution in [0.3, 0.4) is 0 Å². The SMILES string of the molecule is O=C(Nc1c(C(=O)N2CCOCC2)oc2ccccc12)c1cccc(NC(=O)[C@H]2CCCO2)c1. The average molecular weight is 463 g/mol. The molecular weight excluding hydrogens is 438 g/mol. The molecule has 0 bridgehead atoms. The fourth-order valence-corrected chi connectivity index (χ4v) is 4.16. The first kappa shape index (κ1) is 22.1. The number of anilines is 2. The van der Waals surface area contributed by atoms with Crippen molar-refractivity contribution < 1.29 is 28.3 Å². The Morgan fingerprint density at radius 2 is 1.76 bits per heavy atom. The first-order valence-corrected chi connectivity index (χ1v) is 11.3. The molecule has 9 nitrogen and oxygen atoms in total. The number of rotatable bonds is 5. The zero-order valence-electron chi connectivity index (χ0n) is 18.5. The van der Waals surface area contributed by atoms with Gasteiger partial charge in [0.1, 0.15) is 17.4 Å². The summed E-state index contributed by atoms with van der Waals surface area (Å²) in [5, 5.41) is 6.30. The molecule has 3 aromatic rings. The molecule has 3 heterocycles. The minimum absolute atomic E-state index is 0.0827. The van der Waals surface area contributed by atoms with Crippen LogP contribution >= 0.6 is 0 Å². The van der Waals surface area contributed by atoms with Crippen molar-refractivity contribution in [3.8, 4) is 0 Å². The number of carbonyl (C=O) groups excluding carboxylic acids is 3. The highest BCUT2D eigenvalue weighted by Crippen LogP contribution is 2.32. The van der Waals surface area contributed by atoms with Crippen LogP contribution < -0.4 is 10.6 Å². The summed E-state index contributed by atoms with van der Waals surface area (Å²) >= 11 is 0. The molecule has 5 rings (SSSR count). The second kappa shape index (κ2) is 9.66. The Morgan fingerprint density at radius 3 is 2.56 bits per heavy atom. The second-order valence-electron chi connectivity index (χ2n) is 8.23. The van der Waals surface area contributed by atoms with Gasteiger partial charge in [-0.1, -0.05) is 18.2 Å². The molecule has 34 heavy (non-hydrogen) atoms. The minimum atomic E-state index is -0.469. The number of hydrogen-bond donors (Lipinski definition) is 2. The van der Waals surface area contributed by atoms with Crippen molar-refractivity contribution in [1.82, 2.24) is 4.90 Å². The van der Waals surface area contributed by atoms with Gasteiger partial charge in [-0.15, -0.1) is 0 Å². The van der Waals surface area contributed by atoms with Gasteiger partial charge >= 0.3 is 0 Å². The van der Waals surface area contributed by atoms with Gasteiger partial charge in [0.25, 0.3) is 17.7 Å². The van der Waals surface area contributed by atoms with Crippen LogP contribution in [0.1, 0.15) is 33.8 Å². The molecule has 0 aliphatic carbocycles. The van der Waals surface area contributed by atoms with Crippen LogP contribution in [0.25, 0.3) is 11.0 Å². The molecule has 0 unspecified atom stereocenters. The molecule has 176 valence electrons. The van der Waals surface area contributed by atoms with Gasteiger partial charge in [0.15, 0.2) is 0 Å². The van der Waals surface area contributed by atoms with Gasteiger partial charge in [0.05, 0.1) is 13.2 Å². The molecule has 0 spiro atoms. The van der Waals surface area contributed by atoms with E-state index < -0.39 is 12.0 Å². The number of hydrogen-bond acceptors (Lipinski definition) is 6. The van der Waals surface area contributed by atoms with E-state index in [-0.39, 0.29) is 17.6 Å². The highest BCUT2D eigenvalue weighted by Gasteiger charge is 2.28. The number of benzene rings is 2. The number of nitrogens with zero attached hydrogens (tertiary/aromatic N) is 1. The van der Waals surface area contributed by atoms with Crippen molar-refractivity contribution in [2.45, 2.75) is 18.9 Å². The number of fused-ring (bicyclic) bond motifs is 1. The number of nitrogens with one attached hydrogen (secondary N) is 2. The van der Waals surface area contributed by atoms with Crippen molar-refractivity contribution in [3.05, 3.63) is 59.9 Å². The standard InChI is InChI=1S/C25H25N3O6/c29-23(16-5-3-6-17(15-16)26-24(30)20-9-4-12-33-20)27-21-18-7-1-2-8-19(18)34-22(21)25(31)28-10-13-32-14-11-28/h1-3,5-8,15,20H,4,9-14H2,(H,26,30)(H,27,29)/t20-/m1/s1. The third kappa shape index (κ3) is 4.52. The smallest absolute Gasteiger partial charge is 0.291 e. The van der Waals surface area contributed by atoms with Crippen molar-refractivity contribution in [3.63, 3.8) is 0 Å². The maximum atomic E-state index is 13.2. The molecule has 9 heteroatoms. The van der Waals surface area contributed by atoms with Crippen LogP contribution in [-0.2, 0) is 14.3 Å². The van der Waals surface area contributed by atoms with Gasteiger partial charge in [-0.05, 0) is 43.2 Å².